The number of rotatable bonds is 3. The number of hydrogen-bond acceptors (Lipinski definition) is 4. The van der Waals surface area contributed by atoms with Crippen molar-refractivity contribution < 1.29 is 5.11 Å². The molecule has 1 aromatic rings. The van der Waals surface area contributed by atoms with Crippen LogP contribution in [-0.4, -0.2) is 35.7 Å². The molecule has 0 aromatic carbocycles. The summed E-state index contributed by atoms with van der Waals surface area (Å²) in [7, 11) is 0. The molecular formula is C13H22N2OS. The number of nitrogens with zero attached hydrogens (tertiary/aromatic N) is 1. The molecule has 0 saturated carbocycles. The molecule has 4 heteroatoms. The predicted octanol–water partition coefficient (Wildman–Crippen LogP) is 1.76. The Hall–Kier alpha value is -0.420. The van der Waals surface area contributed by atoms with Crippen LogP contribution < -0.4 is 5.73 Å². The van der Waals surface area contributed by atoms with Crippen molar-refractivity contribution in [2.24, 2.45) is 11.7 Å². The third-order valence-corrected chi connectivity index (χ3v) is 4.81. The van der Waals surface area contributed by atoms with Gasteiger partial charge >= 0.3 is 0 Å². The summed E-state index contributed by atoms with van der Waals surface area (Å²) in [4.78, 5) is 4.98. The molecule has 1 aromatic heterocycles. The van der Waals surface area contributed by atoms with Gasteiger partial charge in [-0.25, -0.2) is 0 Å². The van der Waals surface area contributed by atoms with Crippen LogP contribution in [0.1, 0.15) is 29.1 Å². The van der Waals surface area contributed by atoms with Gasteiger partial charge in [0.15, 0.2) is 0 Å². The number of nitrogens with two attached hydrogens (primary N) is 1. The highest BCUT2D eigenvalue weighted by Gasteiger charge is 2.29. The summed E-state index contributed by atoms with van der Waals surface area (Å²) in [5.74, 6) is 0.412. The van der Waals surface area contributed by atoms with Gasteiger partial charge in [0.05, 0.1) is 12.1 Å². The number of thiophene rings is 1. The molecule has 2 rings (SSSR count). The summed E-state index contributed by atoms with van der Waals surface area (Å²) in [6.07, 6.45) is 0.848. The molecule has 1 fully saturated rings. The second kappa shape index (κ2) is 5.48. The van der Waals surface area contributed by atoms with E-state index in [2.05, 4.69) is 30.9 Å². The minimum absolute atomic E-state index is 0.209. The summed E-state index contributed by atoms with van der Waals surface area (Å²) >= 11 is 1.81. The van der Waals surface area contributed by atoms with Crippen molar-refractivity contribution in [2.75, 3.05) is 19.6 Å². The summed E-state index contributed by atoms with van der Waals surface area (Å²) < 4.78 is 0. The molecule has 0 bridgehead atoms. The van der Waals surface area contributed by atoms with Gasteiger partial charge in [-0.15, -0.1) is 11.3 Å². The maximum atomic E-state index is 9.97. The van der Waals surface area contributed by atoms with E-state index < -0.39 is 0 Å². The van der Waals surface area contributed by atoms with E-state index in [0.717, 1.165) is 19.5 Å². The monoisotopic (exact) mass is 254 g/mol. The quantitative estimate of drug-likeness (QED) is 0.864. The Morgan fingerprint density at radius 3 is 2.88 bits per heavy atom. The molecule has 0 radical (unpaired) electrons. The minimum atomic E-state index is -0.209. The van der Waals surface area contributed by atoms with Crippen LogP contribution in [0.4, 0.5) is 0 Å². The van der Waals surface area contributed by atoms with Gasteiger partial charge in [0.2, 0.25) is 0 Å². The number of hydrogen-bond donors (Lipinski definition) is 2. The normalized spacial score (nSPS) is 28.2. The molecule has 0 spiro atoms. The molecule has 3 unspecified atom stereocenters. The van der Waals surface area contributed by atoms with Crippen molar-refractivity contribution in [3.63, 3.8) is 0 Å². The first-order valence-electron chi connectivity index (χ1n) is 6.30. The van der Waals surface area contributed by atoms with E-state index in [9.17, 15) is 5.11 Å². The molecule has 0 aliphatic carbocycles. The Morgan fingerprint density at radius 1 is 1.59 bits per heavy atom. The molecule has 96 valence electrons. The van der Waals surface area contributed by atoms with Crippen LogP contribution in [0.15, 0.2) is 12.1 Å². The third kappa shape index (κ3) is 2.88. The number of aryl methyl sites for hydroxylation is 1. The fourth-order valence-corrected chi connectivity index (χ4v) is 3.46. The van der Waals surface area contributed by atoms with Crippen LogP contribution in [0, 0.1) is 12.8 Å². The minimum Gasteiger partial charge on any atom is -0.392 e. The highest BCUT2D eigenvalue weighted by atomic mass is 32.1. The zero-order valence-electron chi connectivity index (χ0n) is 10.6. The zero-order valence-corrected chi connectivity index (χ0v) is 11.4. The number of aliphatic hydroxyl groups is 1. The van der Waals surface area contributed by atoms with Crippen molar-refractivity contribution in [2.45, 2.75) is 32.4 Å². The average molecular weight is 254 g/mol. The lowest BCUT2D eigenvalue weighted by Crippen LogP contribution is -2.46. The third-order valence-electron chi connectivity index (χ3n) is 3.70. The van der Waals surface area contributed by atoms with Crippen LogP contribution in [0.3, 0.4) is 0 Å². The fraction of sp³-hybridized carbons (Fsp3) is 0.692. The molecule has 2 heterocycles. The van der Waals surface area contributed by atoms with Gasteiger partial charge in [-0.1, -0.05) is 6.92 Å². The van der Waals surface area contributed by atoms with E-state index in [1.165, 1.54) is 9.75 Å². The first-order valence-corrected chi connectivity index (χ1v) is 7.12. The largest absolute Gasteiger partial charge is 0.392 e. The maximum Gasteiger partial charge on any atom is 0.0693 e. The predicted molar refractivity (Wildman–Crippen MR) is 72.2 cm³/mol. The number of β-amino-alcohol motifs (C(OH)–C–C–N with tert-alkyl or cyclic N) is 1. The van der Waals surface area contributed by atoms with E-state index in [4.69, 9.17) is 5.73 Å². The molecule has 17 heavy (non-hydrogen) atoms. The topological polar surface area (TPSA) is 49.5 Å². The van der Waals surface area contributed by atoms with Crippen molar-refractivity contribution in [3.05, 3.63) is 21.9 Å². The molecule has 1 aliphatic rings. The Labute approximate surface area is 107 Å². The van der Waals surface area contributed by atoms with Gasteiger partial charge in [-0.05, 0) is 37.9 Å². The van der Waals surface area contributed by atoms with Gasteiger partial charge in [-0.2, -0.15) is 0 Å². The molecule has 3 N–H and O–H groups in total. The smallest absolute Gasteiger partial charge is 0.0693 e. The van der Waals surface area contributed by atoms with Crippen LogP contribution >= 0.6 is 11.3 Å². The van der Waals surface area contributed by atoms with Gasteiger partial charge in [0, 0.05) is 22.8 Å². The lowest BCUT2D eigenvalue weighted by atomic mass is 9.94. The highest BCUT2D eigenvalue weighted by Crippen LogP contribution is 2.30. The fourth-order valence-electron chi connectivity index (χ4n) is 2.43. The van der Waals surface area contributed by atoms with E-state index in [0.29, 0.717) is 12.5 Å². The van der Waals surface area contributed by atoms with E-state index in [1.54, 1.807) is 0 Å². The highest BCUT2D eigenvalue weighted by molar-refractivity contribution is 7.12. The van der Waals surface area contributed by atoms with Crippen molar-refractivity contribution >= 4 is 11.3 Å². The Kier molecular flexibility index (Phi) is 4.20. The molecule has 0 amide bonds. The Balaban J connectivity index is 2.08. The maximum absolute atomic E-state index is 9.97. The van der Waals surface area contributed by atoms with Crippen molar-refractivity contribution in [1.82, 2.24) is 4.90 Å². The van der Waals surface area contributed by atoms with Crippen LogP contribution in [0.25, 0.3) is 0 Å². The second-order valence-corrected chi connectivity index (χ2v) is 6.35. The van der Waals surface area contributed by atoms with Crippen LogP contribution in [0.5, 0.6) is 0 Å². The summed E-state index contributed by atoms with van der Waals surface area (Å²) in [6.45, 7) is 6.65. The lowest BCUT2D eigenvalue weighted by Gasteiger charge is -2.38. The van der Waals surface area contributed by atoms with Crippen molar-refractivity contribution in [3.8, 4) is 0 Å². The number of aliphatic hydroxyl groups excluding tert-OH is 1. The van der Waals surface area contributed by atoms with Crippen LogP contribution in [0.2, 0.25) is 0 Å². The second-order valence-electron chi connectivity index (χ2n) is 5.03. The molecule has 3 atom stereocenters. The molecule has 1 aliphatic heterocycles. The average Bonchev–Trinajstić information content (AvgIpc) is 2.71. The van der Waals surface area contributed by atoms with E-state index in [-0.39, 0.29) is 12.1 Å². The first-order chi connectivity index (χ1) is 8.11. The SMILES string of the molecule is Cc1ccc(C(CN)N2CCC(C)C(O)C2)s1. The molecular weight excluding hydrogens is 232 g/mol. The lowest BCUT2D eigenvalue weighted by molar-refractivity contribution is 0.0117. The number of piperidine rings is 1. The molecule has 1 saturated heterocycles. The van der Waals surface area contributed by atoms with E-state index >= 15 is 0 Å². The summed E-state index contributed by atoms with van der Waals surface area (Å²) in [6, 6.07) is 4.59. The van der Waals surface area contributed by atoms with E-state index in [1.807, 2.05) is 11.3 Å². The summed E-state index contributed by atoms with van der Waals surface area (Å²) in [5, 5.41) is 9.97. The Bertz CT molecular complexity index is 366. The molecule has 3 nitrogen and oxygen atoms in total. The van der Waals surface area contributed by atoms with Gasteiger partial charge in [0.1, 0.15) is 0 Å². The number of likely N-dealkylation sites (tertiary alicyclic amines) is 1. The van der Waals surface area contributed by atoms with Gasteiger partial charge in [-0.3, -0.25) is 4.90 Å². The van der Waals surface area contributed by atoms with Gasteiger partial charge in [0.25, 0.3) is 0 Å². The first kappa shape index (κ1) is 13.0. The summed E-state index contributed by atoms with van der Waals surface area (Å²) in [5.41, 5.74) is 5.91. The van der Waals surface area contributed by atoms with Crippen LogP contribution in [-0.2, 0) is 0 Å². The standard InChI is InChI=1S/C13H22N2OS/c1-9-5-6-15(8-12(9)16)11(7-14)13-4-3-10(2)17-13/h3-4,9,11-12,16H,5-8,14H2,1-2H3. The Morgan fingerprint density at radius 2 is 2.35 bits per heavy atom. The zero-order chi connectivity index (χ0) is 12.4. The van der Waals surface area contributed by atoms with Crippen molar-refractivity contribution in [1.29, 1.82) is 0 Å². The van der Waals surface area contributed by atoms with Gasteiger partial charge < -0.3 is 10.8 Å².